The Balaban J connectivity index is 1.85. The zero-order valence-corrected chi connectivity index (χ0v) is 16.2. The number of rotatable bonds is 6. The van der Waals surface area contributed by atoms with Gasteiger partial charge in [-0.1, -0.05) is 54.6 Å². The maximum Gasteiger partial charge on any atom is 0.273 e. The first-order valence-corrected chi connectivity index (χ1v) is 8.89. The molecule has 0 aliphatic heterocycles. The van der Waals surface area contributed by atoms with E-state index >= 15 is 0 Å². The van der Waals surface area contributed by atoms with Crippen LogP contribution in [0.3, 0.4) is 0 Å². The molecule has 144 valence electrons. The van der Waals surface area contributed by atoms with Gasteiger partial charge < -0.3 is 4.74 Å². The van der Waals surface area contributed by atoms with Gasteiger partial charge in [-0.25, -0.2) is 0 Å². The van der Waals surface area contributed by atoms with E-state index in [1.165, 1.54) is 6.08 Å². The van der Waals surface area contributed by atoms with Gasteiger partial charge in [-0.15, -0.1) is 0 Å². The Morgan fingerprint density at radius 2 is 1.82 bits per heavy atom. The fourth-order valence-corrected chi connectivity index (χ4v) is 2.30. The zero-order valence-electron chi connectivity index (χ0n) is 15.4. The largest absolute Gasteiger partial charge is 0.489 e. The summed E-state index contributed by atoms with van der Waals surface area (Å²) in [5.41, 5.74) is 7.27. The third kappa shape index (κ3) is 6.69. The topological polar surface area (TPSA) is 79.5 Å². The van der Waals surface area contributed by atoms with Crippen molar-refractivity contribution in [3.05, 3.63) is 84.0 Å². The van der Waals surface area contributed by atoms with Crippen molar-refractivity contribution >= 4 is 35.2 Å². The summed E-state index contributed by atoms with van der Waals surface area (Å²) in [5, 5.41) is 2.42. The van der Waals surface area contributed by atoms with Crippen molar-refractivity contribution in [3.8, 4) is 5.75 Å². The smallest absolute Gasteiger partial charge is 0.273 e. The van der Waals surface area contributed by atoms with Crippen LogP contribution in [0.2, 0.25) is 0 Å². The molecule has 2 rings (SSSR count). The number of ether oxygens (including phenoxy) is 1. The molecule has 0 fully saturated rings. The summed E-state index contributed by atoms with van der Waals surface area (Å²) in [6, 6.07) is 14.5. The van der Waals surface area contributed by atoms with E-state index in [4.69, 9.17) is 17.0 Å². The lowest BCUT2D eigenvalue weighted by atomic mass is 10.1. The molecule has 0 aliphatic rings. The molecule has 3 N–H and O–H groups in total. The average Bonchev–Trinajstić information content (AvgIpc) is 2.70. The molecule has 0 aliphatic carbocycles. The lowest BCUT2D eigenvalue weighted by Gasteiger charge is -2.12. The Hall–Kier alpha value is -3.45. The van der Waals surface area contributed by atoms with Crippen molar-refractivity contribution < 1.29 is 14.3 Å². The van der Waals surface area contributed by atoms with Crippen molar-refractivity contribution in [1.82, 2.24) is 16.2 Å². The van der Waals surface area contributed by atoms with Crippen molar-refractivity contribution in [2.45, 2.75) is 6.92 Å². The molecule has 0 saturated carbocycles. The summed E-state index contributed by atoms with van der Waals surface area (Å²) >= 11 is 5.01. The Labute approximate surface area is 169 Å². The van der Waals surface area contributed by atoms with Crippen LogP contribution in [0, 0.1) is 6.92 Å². The highest BCUT2D eigenvalue weighted by Crippen LogP contribution is 2.17. The Morgan fingerprint density at radius 3 is 2.54 bits per heavy atom. The first kappa shape index (κ1) is 20.9. The van der Waals surface area contributed by atoms with Crippen molar-refractivity contribution in [2.24, 2.45) is 0 Å². The number of nitrogens with one attached hydrogen (secondary N) is 3. The van der Waals surface area contributed by atoms with Crippen LogP contribution in [0.4, 0.5) is 0 Å². The first-order chi connectivity index (χ1) is 13.5. The van der Waals surface area contributed by atoms with E-state index in [2.05, 4.69) is 22.7 Å². The molecule has 28 heavy (non-hydrogen) atoms. The lowest BCUT2D eigenvalue weighted by molar-refractivity contribution is -0.115. The molecule has 0 unspecified atom stereocenters. The Bertz CT molecular complexity index is 892. The molecule has 0 aromatic heterocycles. The van der Waals surface area contributed by atoms with Gasteiger partial charge in [0, 0.05) is 6.08 Å². The second kappa shape index (κ2) is 10.6. The molecule has 7 heteroatoms. The lowest BCUT2D eigenvalue weighted by Crippen LogP contribution is -2.48. The maximum absolute atomic E-state index is 12.3. The molecule has 0 spiro atoms. The number of carbonyl (C=O) groups is 2. The number of carbonyl (C=O) groups excluding carboxylic acids is 2. The second-order valence-corrected chi connectivity index (χ2v) is 6.15. The van der Waals surface area contributed by atoms with E-state index in [-0.39, 0.29) is 11.7 Å². The van der Waals surface area contributed by atoms with E-state index in [1.807, 2.05) is 31.2 Å². The average molecular weight is 395 g/mol. The molecule has 0 heterocycles. The summed E-state index contributed by atoms with van der Waals surface area (Å²) < 4.78 is 5.44. The van der Waals surface area contributed by atoms with Crippen molar-refractivity contribution in [1.29, 1.82) is 0 Å². The van der Waals surface area contributed by atoms with Gasteiger partial charge in [-0.2, -0.15) is 0 Å². The Morgan fingerprint density at radius 1 is 1.11 bits per heavy atom. The van der Waals surface area contributed by atoms with Crippen LogP contribution in [0.1, 0.15) is 21.5 Å². The third-order valence-electron chi connectivity index (χ3n) is 3.52. The molecule has 2 amide bonds. The van der Waals surface area contributed by atoms with E-state index in [0.717, 1.165) is 11.1 Å². The number of thiocarbonyl (C=S) groups is 1. The fraction of sp³-hybridized carbons (Fsp3) is 0.0952. The van der Waals surface area contributed by atoms with Gasteiger partial charge in [0.1, 0.15) is 12.4 Å². The molecule has 0 radical (unpaired) electrons. The molecular formula is C21H21N3O3S. The van der Waals surface area contributed by atoms with Crippen LogP contribution < -0.4 is 20.9 Å². The van der Waals surface area contributed by atoms with E-state index < -0.39 is 11.8 Å². The van der Waals surface area contributed by atoms with Gasteiger partial charge in [0.15, 0.2) is 5.11 Å². The van der Waals surface area contributed by atoms with Crippen LogP contribution >= 0.6 is 12.2 Å². The van der Waals surface area contributed by atoms with Crippen molar-refractivity contribution in [3.63, 3.8) is 0 Å². The quantitative estimate of drug-likeness (QED) is 0.303. The number of hydrazine groups is 1. The van der Waals surface area contributed by atoms with Gasteiger partial charge in [-0.3, -0.25) is 25.8 Å². The van der Waals surface area contributed by atoms with Crippen LogP contribution in [0.25, 0.3) is 6.08 Å². The highest BCUT2D eigenvalue weighted by atomic mass is 32.1. The zero-order chi connectivity index (χ0) is 20.4. The highest BCUT2D eigenvalue weighted by molar-refractivity contribution is 7.80. The van der Waals surface area contributed by atoms with Gasteiger partial charge in [0.25, 0.3) is 5.91 Å². The minimum absolute atomic E-state index is 0.0311. The summed E-state index contributed by atoms with van der Waals surface area (Å²) in [6.07, 6.45) is 4.61. The maximum atomic E-state index is 12.3. The second-order valence-electron chi connectivity index (χ2n) is 5.74. The summed E-state index contributed by atoms with van der Waals surface area (Å²) in [5.74, 6) is -0.453. The normalized spacial score (nSPS) is 10.2. The summed E-state index contributed by atoms with van der Waals surface area (Å²) in [4.78, 5) is 24.2. The predicted molar refractivity (Wildman–Crippen MR) is 114 cm³/mol. The summed E-state index contributed by atoms with van der Waals surface area (Å²) in [6.45, 7) is 5.84. The van der Waals surface area contributed by atoms with E-state index in [1.54, 1.807) is 36.4 Å². The molecule has 6 nitrogen and oxygen atoms in total. The fourth-order valence-electron chi connectivity index (χ4n) is 2.14. The van der Waals surface area contributed by atoms with Gasteiger partial charge in [-0.05, 0) is 42.9 Å². The van der Waals surface area contributed by atoms with E-state index in [9.17, 15) is 9.59 Å². The van der Waals surface area contributed by atoms with Gasteiger partial charge in [0.2, 0.25) is 5.91 Å². The predicted octanol–water partition coefficient (Wildman–Crippen LogP) is 2.91. The Kier molecular flexibility index (Phi) is 7.92. The van der Waals surface area contributed by atoms with E-state index in [0.29, 0.717) is 11.3 Å². The van der Waals surface area contributed by atoms with Crippen LogP contribution in [-0.2, 0) is 4.79 Å². The van der Waals surface area contributed by atoms with Crippen LogP contribution in [0.5, 0.6) is 5.75 Å². The van der Waals surface area contributed by atoms with Crippen LogP contribution in [0.15, 0.2) is 67.3 Å². The standard InChI is InChI=1S/C21H21N3O3S/c1-3-14-27-18-7-5-4-6-17(18)20(26)23-24-21(28)22-19(25)13-12-16-10-8-15(2)9-11-16/h3-13H,1,14H2,2H3,(H,23,26)(H2,22,24,25,28)/b13-12+. The molecule has 2 aromatic carbocycles. The summed E-state index contributed by atoms with van der Waals surface area (Å²) in [7, 11) is 0. The number of benzene rings is 2. The number of aryl methyl sites for hydroxylation is 1. The molecule has 0 saturated heterocycles. The SMILES string of the molecule is C=CCOc1ccccc1C(=O)NNC(=S)NC(=O)/C=C/c1ccc(C)cc1. The van der Waals surface area contributed by atoms with Gasteiger partial charge >= 0.3 is 0 Å². The van der Waals surface area contributed by atoms with Crippen LogP contribution in [-0.4, -0.2) is 23.5 Å². The highest BCUT2D eigenvalue weighted by Gasteiger charge is 2.12. The van der Waals surface area contributed by atoms with Crippen molar-refractivity contribution in [2.75, 3.05) is 6.61 Å². The molecular weight excluding hydrogens is 374 g/mol. The molecule has 0 atom stereocenters. The molecule has 0 bridgehead atoms. The van der Waals surface area contributed by atoms with Gasteiger partial charge in [0.05, 0.1) is 5.56 Å². The monoisotopic (exact) mass is 395 g/mol. The minimum atomic E-state index is -0.452. The number of para-hydroxylation sites is 1. The minimum Gasteiger partial charge on any atom is -0.489 e. The first-order valence-electron chi connectivity index (χ1n) is 8.48. The number of hydrogen-bond donors (Lipinski definition) is 3. The number of hydrogen-bond acceptors (Lipinski definition) is 4. The number of amides is 2. The molecule has 2 aromatic rings. The third-order valence-corrected chi connectivity index (χ3v) is 3.72.